The first-order valence-corrected chi connectivity index (χ1v) is 2.30. The second-order valence-corrected chi connectivity index (χ2v) is 1.58. The van der Waals surface area contributed by atoms with E-state index in [4.69, 9.17) is 0 Å². The van der Waals surface area contributed by atoms with E-state index in [9.17, 15) is 0 Å². The van der Waals surface area contributed by atoms with Gasteiger partial charge >= 0.3 is 0 Å². The van der Waals surface area contributed by atoms with Gasteiger partial charge in [0, 0.05) is 6.21 Å². The van der Waals surface area contributed by atoms with E-state index >= 15 is 0 Å². The van der Waals surface area contributed by atoms with Crippen molar-refractivity contribution in [2.75, 3.05) is 6.54 Å². The highest BCUT2D eigenvalue weighted by molar-refractivity contribution is 5.72. The van der Waals surface area contributed by atoms with Crippen LogP contribution < -0.4 is 0 Å². The van der Waals surface area contributed by atoms with E-state index in [2.05, 4.69) is 10.7 Å². The van der Waals surface area contributed by atoms with Crippen molar-refractivity contribution in [3.05, 3.63) is 17.4 Å². The molecule has 0 N–H and O–H groups in total. The lowest BCUT2D eigenvalue weighted by molar-refractivity contribution is 1.14. The zero-order chi connectivity index (χ0) is 5.11. The van der Waals surface area contributed by atoms with Gasteiger partial charge in [-0.15, -0.1) is 5.73 Å². The molecule has 0 spiro atoms. The second-order valence-electron chi connectivity index (χ2n) is 1.58. The van der Waals surface area contributed by atoms with Crippen LogP contribution in [0.4, 0.5) is 0 Å². The van der Waals surface area contributed by atoms with E-state index in [1.54, 1.807) is 6.21 Å². The fraction of sp³-hybridized carbons (Fsp3) is 0.333. The highest BCUT2D eigenvalue weighted by Crippen LogP contribution is 1.91. The van der Waals surface area contributed by atoms with Crippen molar-refractivity contribution in [2.45, 2.75) is 6.92 Å². The average Bonchev–Trinajstić information content (AvgIpc) is 1.69. The lowest BCUT2D eigenvalue weighted by Gasteiger charge is -1.90. The van der Waals surface area contributed by atoms with E-state index < -0.39 is 0 Å². The molecule has 0 aromatic rings. The molecule has 0 aromatic carbocycles. The van der Waals surface area contributed by atoms with Gasteiger partial charge in [-0.1, -0.05) is 0 Å². The third kappa shape index (κ3) is 1.02. The Morgan fingerprint density at radius 3 is 3.00 bits per heavy atom. The van der Waals surface area contributed by atoms with Crippen LogP contribution in [0.2, 0.25) is 0 Å². The largest absolute Gasteiger partial charge is 0.287 e. The predicted octanol–water partition coefficient (Wildman–Crippen LogP) is 1.17. The van der Waals surface area contributed by atoms with Gasteiger partial charge in [-0.3, -0.25) is 4.99 Å². The van der Waals surface area contributed by atoms with Crippen LogP contribution in [0.5, 0.6) is 0 Å². The molecule has 0 amide bonds. The van der Waals surface area contributed by atoms with E-state index in [1.807, 2.05) is 13.0 Å². The van der Waals surface area contributed by atoms with Crippen molar-refractivity contribution < 1.29 is 0 Å². The Hall–Kier alpha value is -0.810. The van der Waals surface area contributed by atoms with Crippen LogP contribution in [0.3, 0.4) is 0 Å². The molecule has 1 aliphatic heterocycles. The molecule has 1 heteroatoms. The van der Waals surface area contributed by atoms with Gasteiger partial charge in [0.15, 0.2) is 0 Å². The Bertz CT molecular complexity index is 148. The highest BCUT2D eigenvalue weighted by Gasteiger charge is 1.83. The monoisotopic (exact) mass is 93.1 g/mol. The molecule has 0 atom stereocenters. The maximum absolute atomic E-state index is 3.98. The van der Waals surface area contributed by atoms with Crippen molar-refractivity contribution in [3.63, 3.8) is 0 Å². The van der Waals surface area contributed by atoms with Crippen molar-refractivity contribution in [1.29, 1.82) is 0 Å². The van der Waals surface area contributed by atoms with Crippen molar-refractivity contribution in [2.24, 2.45) is 4.99 Å². The average molecular weight is 93.1 g/mol. The van der Waals surface area contributed by atoms with E-state index in [0.717, 1.165) is 6.54 Å². The highest BCUT2D eigenvalue weighted by atomic mass is 14.7. The summed E-state index contributed by atoms with van der Waals surface area (Å²) in [5.74, 6) is 0. The molecule has 1 nitrogen and oxygen atoms in total. The van der Waals surface area contributed by atoms with Gasteiger partial charge in [-0.2, -0.15) is 0 Å². The Labute approximate surface area is 43.1 Å². The number of rotatable bonds is 0. The van der Waals surface area contributed by atoms with E-state index in [-0.39, 0.29) is 0 Å². The first-order chi connectivity index (χ1) is 3.39. The summed E-state index contributed by atoms with van der Waals surface area (Å²) in [4.78, 5) is 3.98. The van der Waals surface area contributed by atoms with Crippen LogP contribution in [0.15, 0.2) is 22.4 Å². The van der Waals surface area contributed by atoms with Crippen LogP contribution in [0.1, 0.15) is 6.92 Å². The molecule has 36 valence electrons. The van der Waals surface area contributed by atoms with Crippen LogP contribution in [0, 0.1) is 0 Å². The van der Waals surface area contributed by atoms with Crippen LogP contribution >= 0.6 is 0 Å². The summed E-state index contributed by atoms with van der Waals surface area (Å²) in [7, 11) is 0. The Balaban J connectivity index is 2.84. The van der Waals surface area contributed by atoms with Gasteiger partial charge in [-0.25, -0.2) is 0 Å². The summed E-state index contributed by atoms with van der Waals surface area (Å²) in [5, 5.41) is 0. The molecular formula is C6H7N. The third-order valence-electron chi connectivity index (χ3n) is 0.838. The maximum Gasteiger partial charge on any atom is 0.0671 e. The first kappa shape index (κ1) is 4.35. The fourth-order valence-electron chi connectivity index (χ4n) is 0.468. The molecular weight excluding hydrogens is 86.1 g/mol. The molecule has 0 aromatic heterocycles. The number of hydrogen-bond donors (Lipinski definition) is 0. The van der Waals surface area contributed by atoms with Crippen LogP contribution in [-0.2, 0) is 0 Å². The molecule has 0 saturated heterocycles. The molecule has 1 aliphatic rings. The summed E-state index contributed by atoms with van der Waals surface area (Å²) in [6.45, 7) is 2.85. The van der Waals surface area contributed by atoms with Crippen LogP contribution in [0.25, 0.3) is 0 Å². The minimum absolute atomic E-state index is 0.830. The minimum atomic E-state index is 0.830. The van der Waals surface area contributed by atoms with Gasteiger partial charge in [-0.05, 0) is 18.6 Å². The summed E-state index contributed by atoms with van der Waals surface area (Å²) >= 11 is 0. The third-order valence-corrected chi connectivity index (χ3v) is 0.838. The van der Waals surface area contributed by atoms with Gasteiger partial charge in [0.05, 0.1) is 6.54 Å². The lowest BCUT2D eigenvalue weighted by Crippen LogP contribution is -1.84. The summed E-state index contributed by atoms with van der Waals surface area (Å²) in [6.07, 6.45) is 3.60. The van der Waals surface area contributed by atoms with Gasteiger partial charge in [0.25, 0.3) is 0 Å². The molecule has 0 radical (unpaired) electrons. The number of nitrogens with zero attached hydrogens (tertiary/aromatic N) is 1. The summed E-state index contributed by atoms with van der Waals surface area (Å²) in [6, 6.07) is 0. The predicted molar refractivity (Wildman–Crippen MR) is 30.6 cm³/mol. The number of hydrogen-bond acceptors (Lipinski definition) is 1. The molecule has 1 heterocycles. The molecule has 0 fully saturated rings. The normalized spacial score (nSPS) is 17.0. The number of aliphatic imine (C=N–C) groups is 1. The molecule has 0 bridgehead atoms. The van der Waals surface area contributed by atoms with Gasteiger partial charge < -0.3 is 0 Å². The zero-order valence-corrected chi connectivity index (χ0v) is 4.31. The van der Waals surface area contributed by atoms with Gasteiger partial charge in [0.2, 0.25) is 0 Å². The molecule has 0 aliphatic carbocycles. The fourth-order valence-corrected chi connectivity index (χ4v) is 0.468. The first-order valence-electron chi connectivity index (χ1n) is 2.30. The molecule has 0 saturated carbocycles. The van der Waals surface area contributed by atoms with Crippen LogP contribution in [-0.4, -0.2) is 12.8 Å². The van der Waals surface area contributed by atoms with Crippen molar-refractivity contribution in [1.82, 2.24) is 0 Å². The Morgan fingerprint density at radius 2 is 2.71 bits per heavy atom. The van der Waals surface area contributed by atoms with Crippen molar-refractivity contribution >= 4 is 6.21 Å². The molecule has 1 rings (SSSR count). The molecule has 7 heavy (non-hydrogen) atoms. The van der Waals surface area contributed by atoms with E-state index in [0.29, 0.717) is 0 Å². The Kier molecular flexibility index (Phi) is 1.10. The SMILES string of the molecule is CC1=C=CC=NC1. The zero-order valence-electron chi connectivity index (χ0n) is 4.31. The Morgan fingerprint density at radius 1 is 1.86 bits per heavy atom. The second kappa shape index (κ2) is 1.76. The minimum Gasteiger partial charge on any atom is -0.287 e. The molecule has 0 unspecified atom stereocenters. The standard InChI is InChI=1S/C6H7N/c1-6-3-2-4-7-5-6/h2,4H,5H2,1H3. The quantitative estimate of drug-likeness (QED) is 0.399. The van der Waals surface area contributed by atoms with Gasteiger partial charge in [0.1, 0.15) is 0 Å². The topological polar surface area (TPSA) is 12.4 Å². The lowest BCUT2D eigenvalue weighted by atomic mass is 10.3. The smallest absolute Gasteiger partial charge is 0.0671 e. The maximum atomic E-state index is 3.98. The summed E-state index contributed by atoms with van der Waals surface area (Å²) in [5.41, 5.74) is 4.23. The van der Waals surface area contributed by atoms with E-state index in [1.165, 1.54) is 5.57 Å². The van der Waals surface area contributed by atoms with Crippen molar-refractivity contribution in [3.8, 4) is 0 Å². The summed E-state index contributed by atoms with van der Waals surface area (Å²) < 4.78 is 0.